The molecular weight excluding hydrogens is 471 g/mol. The number of halogens is 1. The molecule has 2 fully saturated rings. The summed E-state index contributed by atoms with van der Waals surface area (Å²) in [5, 5.41) is 8.82. The van der Waals surface area contributed by atoms with Crippen molar-refractivity contribution in [2.45, 2.75) is 39.2 Å². The molecule has 1 amide bonds. The Bertz CT molecular complexity index is 1530. The average molecular weight is 501 g/mol. The van der Waals surface area contributed by atoms with Crippen LogP contribution in [0.2, 0.25) is 0 Å². The van der Waals surface area contributed by atoms with E-state index in [1.54, 1.807) is 21.8 Å². The maximum atomic E-state index is 15.3. The van der Waals surface area contributed by atoms with E-state index >= 15 is 4.39 Å². The highest BCUT2D eigenvalue weighted by molar-refractivity contribution is 5.98. The maximum Gasteiger partial charge on any atom is 0.259 e. The summed E-state index contributed by atoms with van der Waals surface area (Å²) in [5.74, 6) is -0.736. The molecule has 2 aliphatic heterocycles. The number of amides is 1. The first-order chi connectivity index (χ1) is 18.0. The lowest BCUT2D eigenvalue weighted by Crippen LogP contribution is -2.33. The number of carbonyl (C=O) groups is 1. The van der Waals surface area contributed by atoms with Gasteiger partial charge in [0, 0.05) is 37.8 Å². The third-order valence-electron chi connectivity index (χ3n) is 7.39. The van der Waals surface area contributed by atoms with Crippen LogP contribution in [-0.4, -0.2) is 56.5 Å². The maximum absolute atomic E-state index is 15.3. The molecule has 2 saturated heterocycles. The molecule has 8 nitrogen and oxygen atoms in total. The van der Waals surface area contributed by atoms with E-state index in [1.165, 1.54) is 6.07 Å². The number of hydrogen-bond acceptors (Lipinski definition) is 5. The number of nitrogens with zero attached hydrogens (tertiary/aromatic N) is 6. The van der Waals surface area contributed by atoms with E-state index in [2.05, 4.69) is 10.3 Å². The highest BCUT2D eigenvalue weighted by Crippen LogP contribution is 2.28. The van der Waals surface area contributed by atoms with Gasteiger partial charge in [-0.3, -0.25) is 9.59 Å². The average Bonchev–Trinajstić information content (AvgIpc) is 3.69. The van der Waals surface area contributed by atoms with Crippen molar-refractivity contribution < 1.29 is 9.18 Å². The van der Waals surface area contributed by atoms with E-state index < -0.39 is 11.2 Å². The molecule has 37 heavy (non-hydrogen) atoms. The Kier molecular flexibility index (Phi) is 5.98. The third-order valence-corrected chi connectivity index (χ3v) is 7.39. The second-order valence-electron chi connectivity index (χ2n) is 10.0. The normalized spacial score (nSPS) is 15.7. The molecule has 0 aliphatic carbocycles. The molecular formula is C28H29FN6O2. The van der Waals surface area contributed by atoms with E-state index in [-0.39, 0.29) is 23.4 Å². The molecule has 0 spiro atoms. The topological polar surface area (TPSA) is 76.3 Å². The molecule has 0 radical (unpaired) electrons. The summed E-state index contributed by atoms with van der Waals surface area (Å²) in [6.45, 7) is 5.13. The van der Waals surface area contributed by atoms with Crippen LogP contribution in [0.3, 0.4) is 0 Å². The predicted molar refractivity (Wildman–Crippen MR) is 140 cm³/mol. The van der Waals surface area contributed by atoms with Crippen molar-refractivity contribution in [3.63, 3.8) is 0 Å². The number of rotatable bonds is 5. The Hall–Kier alpha value is -4.01. The highest BCUT2D eigenvalue weighted by atomic mass is 19.1. The van der Waals surface area contributed by atoms with Gasteiger partial charge in [-0.25, -0.2) is 9.07 Å². The van der Waals surface area contributed by atoms with Crippen molar-refractivity contribution in [1.29, 1.82) is 0 Å². The molecule has 0 unspecified atom stereocenters. The number of pyridine rings is 1. The van der Waals surface area contributed by atoms with Gasteiger partial charge in [-0.15, -0.1) is 5.10 Å². The van der Waals surface area contributed by atoms with Crippen LogP contribution in [0.5, 0.6) is 0 Å². The van der Waals surface area contributed by atoms with Crippen LogP contribution < -0.4 is 10.3 Å². The minimum absolute atomic E-state index is 0.0636. The molecule has 6 rings (SSSR count). The summed E-state index contributed by atoms with van der Waals surface area (Å²) in [4.78, 5) is 30.5. The fraction of sp³-hybridized carbons (Fsp3) is 0.357. The van der Waals surface area contributed by atoms with Gasteiger partial charge in [0.15, 0.2) is 0 Å². The molecule has 9 heteroatoms. The Morgan fingerprint density at radius 3 is 2.41 bits per heavy atom. The second kappa shape index (κ2) is 9.46. The molecule has 0 saturated carbocycles. The summed E-state index contributed by atoms with van der Waals surface area (Å²) in [6, 6.07) is 11.0. The molecule has 0 bridgehead atoms. The number of likely N-dealkylation sites (tertiary alicyclic amines) is 1. The van der Waals surface area contributed by atoms with Gasteiger partial charge in [-0.1, -0.05) is 22.9 Å². The van der Waals surface area contributed by atoms with Crippen molar-refractivity contribution in [3.8, 4) is 5.69 Å². The predicted octanol–water partition coefficient (Wildman–Crippen LogP) is 3.91. The van der Waals surface area contributed by atoms with Gasteiger partial charge in [0.1, 0.15) is 17.1 Å². The van der Waals surface area contributed by atoms with Crippen LogP contribution in [0.25, 0.3) is 16.6 Å². The van der Waals surface area contributed by atoms with Crippen LogP contribution in [0, 0.1) is 12.7 Å². The van der Waals surface area contributed by atoms with Gasteiger partial charge in [-0.05, 0) is 56.9 Å². The fourth-order valence-corrected chi connectivity index (χ4v) is 5.34. The van der Waals surface area contributed by atoms with Crippen molar-refractivity contribution in [2.24, 2.45) is 0 Å². The first-order valence-corrected chi connectivity index (χ1v) is 12.9. The highest BCUT2D eigenvalue weighted by Gasteiger charge is 2.25. The molecule has 4 aromatic rings. The zero-order valence-electron chi connectivity index (χ0n) is 20.9. The zero-order chi connectivity index (χ0) is 25.5. The Balaban J connectivity index is 1.45. The molecule has 4 heterocycles. The number of carbonyl (C=O) groups excluding carboxylic acids is 1. The van der Waals surface area contributed by atoms with Crippen LogP contribution in [-0.2, 0) is 6.54 Å². The SMILES string of the molecule is Cc1ccc(-n2cc(Cn3cc(C(=O)N4CCCC4)c(=O)c4cc(F)c(N5CCCC5)cc43)nn2)cc1. The summed E-state index contributed by atoms with van der Waals surface area (Å²) in [6.07, 6.45) is 7.31. The fourth-order valence-electron chi connectivity index (χ4n) is 5.34. The standard InChI is InChI=1S/C28H29FN6O2/c1-19-6-8-21(9-7-19)35-17-20(30-31-35)16-34-18-23(28(37)33-12-4-5-13-33)27(36)22-14-24(29)26(15-25(22)34)32-10-2-3-11-32/h6-9,14-15,17-18H,2-5,10-13,16H2,1H3. The molecule has 2 aromatic heterocycles. The summed E-state index contributed by atoms with van der Waals surface area (Å²) >= 11 is 0. The minimum Gasteiger partial charge on any atom is -0.369 e. The summed E-state index contributed by atoms with van der Waals surface area (Å²) < 4.78 is 18.8. The van der Waals surface area contributed by atoms with Crippen molar-refractivity contribution in [2.75, 3.05) is 31.1 Å². The lowest BCUT2D eigenvalue weighted by molar-refractivity contribution is 0.0791. The van der Waals surface area contributed by atoms with E-state index in [1.807, 2.05) is 46.9 Å². The number of fused-ring (bicyclic) bond motifs is 1. The van der Waals surface area contributed by atoms with Crippen molar-refractivity contribution in [3.05, 3.63) is 81.7 Å². The molecule has 0 N–H and O–H groups in total. The van der Waals surface area contributed by atoms with Gasteiger partial charge in [-0.2, -0.15) is 0 Å². The Morgan fingerprint density at radius 2 is 1.68 bits per heavy atom. The second-order valence-corrected chi connectivity index (χ2v) is 10.0. The Morgan fingerprint density at radius 1 is 0.973 bits per heavy atom. The zero-order valence-corrected chi connectivity index (χ0v) is 20.9. The van der Waals surface area contributed by atoms with E-state index in [4.69, 9.17) is 0 Å². The van der Waals surface area contributed by atoms with Crippen LogP contribution in [0.1, 0.15) is 47.3 Å². The number of hydrogen-bond donors (Lipinski definition) is 0. The van der Waals surface area contributed by atoms with Crippen molar-refractivity contribution >= 4 is 22.5 Å². The van der Waals surface area contributed by atoms with E-state index in [9.17, 15) is 9.59 Å². The Labute approximate surface area is 213 Å². The van der Waals surface area contributed by atoms with Crippen LogP contribution in [0.4, 0.5) is 10.1 Å². The van der Waals surface area contributed by atoms with Crippen molar-refractivity contribution in [1.82, 2.24) is 24.5 Å². The lowest BCUT2D eigenvalue weighted by atomic mass is 10.1. The van der Waals surface area contributed by atoms with Gasteiger partial charge >= 0.3 is 0 Å². The molecule has 190 valence electrons. The summed E-state index contributed by atoms with van der Waals surface area (Å²) in [7, 11) is 0. The van der Waals surface area contributed by atoms with Gasteiger partial charge in [0.05, 0.1) is 29.6 Å². The van der Waals surface area contributed by atoms with E-state index in [0.717, 1.165) is 50.0 Å². The first-order valence-electron chi connectivity index (χ1n) is 12.9. The van der Waals surface area contributed by atoms with Gasteiger partial charge in [0.25, 0.3) is 5.91 Å². The number of aryl methyl sites for hydroxylation is 1. The quantitative estimate of drug-likeness (QED) is 0.415. The van der Waals surface area contributed by atoms with E-state index in [0.29, 0.717) is 30.0 Å². The van der Waals surface area contributed by atoms with Gasteiger partial charge < -0.3 is 14.4 Å². The van der Waals surface area contributed by atoms with Gasteiger partial charge in [0.2, 0.25) is 5.43 Å². The smallest absolute Gasteiger partial charge is 0.259 e. The lowest BCUT2D eigenvalue weighted by Gasteiger charge is -2.21. The number of aromatic nitrogens is 4. The monoisotopic (exact) mass is 500 g/mol. The molecule has 2 aliphatic rings. The summed E-state index contributed by atoms with van der Waals surface area (Å²) in [5.41, 5.74) is 3.40. The van der Waals surface area contributed by atoms with Crippen LogP contribution >= 0.6 is 0 Å². The molecule has 2 aromatic carbocycles. The van der Waals surface area contributed by atoms with Crippen LogP contribution in [0.15, 0.2) is 53.6 Å². The molecule has 0 atom stereocenters. The number of anilines is 1. The number of benzene rings is 2. The largest absolute Gasteiger partial charge is 0.369 e. The third kappa shape index (κ3) is 4.39. The first kappa shape index (κ1) is 23.4. The minimum atomic E-state index is -0.436.